The second-order valence-electron chi connectivity index (χ2n) is 3.56. The first-order chi connectivity index (χ1) is 6.63. The van der Waals surface area contributed by atoms with Crippen molar-refractivity contribution in [1.29, 1.82) is 0 Å². The quantitative estimate of drug-likeness (QED) is 0.614. The van der Waals surface area contributed by atoms with E-state index in [0.29, 0.717) is 11.2 Å². The summed E-state index contributed by atoms with van der Waals surface area (Å²) >= 11 is 1.79. The molecule has 1 N–H and O–H groups in total. The fourth-order valence-corrected chi connectivity index (χ4v) is 1.81. The van der Waals surface area contributed by atoms with Crippen LogP contribution in [-0.2, 0) is 0 Å². The van der Waals surface area contributed by atoms with Gasteiger partial charge in [-0.3, -0.25) is 0 Å². The maximum absolute atomic E-state index is 4.22. The Hall–Kier alpha value is -0.770. The zero-order valence-corrected chi connectivity index (χ0v) is 9.93. The van der Waals surface area contributed by atoms with E-state index in [4.69, 9.17) is 0 Å². The predicted octanol–water partition coefficient (Wildman–Crippen LogP) is 2.65. The number of thioether (sulfide) groups is 1. The molecule has 0 spiro atoms. The molecule has 0 aliphatic rings. The summed E-state index contributed by atoms with van der Waals surface area (Å²) < 4.78 is 0. The largest absolute Gasteiger partial charge is 0.373 e. The molecule has 1 atom stereocenters. The number of hydrogen-bond acceptors (Lipinski definition) is 4. The monoisotopic (exact) mass is 211 g/mol. The van der Waals surface area contributed by atoms with E-state index in [1.807, 2.05) is 13.1 Å². The van der Waals surface area contributed by atoms with Gasteiger partial charge in [-0.1, -0.05) is 20.8 Å². The van der Waals surface area contributed by atoms with Gasteiger partial charge in [-0.15, -0.1) is 11.8 Å². The predicted molar refractivity (Wildman–Crippen MR) is 61.7 cm³/mol. The normalized spacial score (nSPS) is 12.9. The van der Waals surface area contributed by atoms with E-state index in [-0.39, 0.29) is 0 Å². The van der Waals surface area contributed by atoms with Gasteiger partial charge in [0.05, 0.1) is 0 Å². The first kappa shape index (κ1) is 11.3. The SMILES string of the molecule is CNc1cc(SC(C)C(C)C)ncn1. The number of nitrogens with zero attached hydrogens (tertiary/aromatic N) is 2. The van der Waals surface area contributed by atoms with E-state index in [1.165, 1.54) is 0 Å². The Bertz CT molecular complexity index is 288. The lowest BCUT2D eigenvalue weighted by Gasteiger charge is -2.14. The number of anilines is 1. The lowest BCUT2D eigenvalue weighted by molar-refractivity contribution is 0.641. The summed E-state index contributed by atoms with van der Waals surface area (Å²) in [5.41, 5.74) is 0. The average Bonchev–Trinajstić information content (AvgIpc) is 2.18. The fourth-order valence-electron chi connectivity index (χ4n) is 0.867. The zero-order chi connectivity index (χ0) is 10.6. The second kappa shape index (κ2) is 5.20. The molecule has 1 unspecified atom stereocenters. The lowest BCUT2D eigenvalue weighted by atomic mass is 10.2. The average molecular weight is 211 g/mol. The smallest absolute Gasteiger partial charge is 0.130 e. The van der Waals surface area contributed by atoms with Crippen LogP contribution >= 0.6 is 11.8 Å². The molecule has 0 fully saturated rings. The molecule has 1 aromatic heterocycles. The number of hydrogen-bond donors (Lipinski definition) is 1. The van der Waals surface area contributed by atoms with Gasteiger partial charge < -0.3 is 5.32 Å². The molecule has 1 rings (SSSR count). The van der Waals surface area contributed by atoms with Crippen LogP contribution in [0.15, 0.2) is 17.4 Å². The van der Waals surface area contributed by atoms with Crippen LogP contribution < -0.4 is 5.32 Å². The van der Waals surface area contributed by atoms with Crippen LogP contribution in [-0.4, -0.2) is 22.3 Å². The molecule has 0 aliphatic carbocycles. The molecule has 0 saturated heterocycles. The minimum absolute atomic E-state index is 0.578. The molecule has 14 heavy (non-hydrogen) atoms. The van der Waals surface area contributed by atoms with Crippen molar-refractivity contribution < 1.29 is 0 Å². The highest BCUT2D eigenvalue weighted by Crippen LogP contribution is 2.26. The number of rotatable bonds is 4. The van der Waals surface area contributed by atoms with Crippen molar-refractivity contribution >= 4 is 17.6 Å². The summed E-state index contributed by atoms with van der Waals surface area (Å²) in [6, 6.07) is 1.98. The van der Waals surface area contributed by atoms with E-state index < -0.39 is 0 Å². The molecule has 0 aliphatic heterocycles. The lowest BCUT2D eigenvalue weighted by Crippen LogP contribution is -2.06. The molecule has 0 aromatic carbocycles. The second-order valence-corrected chi connectivity index (χ2v) is 4.96. The van der Waals surface area contributed by atoms with Crippen LogP contribution in [0.5, 0.6) is 0 Å². The molecule has 0 bridgehead atoms. The summed E-state index contributed by atoms with van der Waals surface area (Å²) in [6.07, 6.45) is 1.60. The third-order valence-corrected chi connectivity index (χ3v) is 3.52. The maximum Gasteiger partial charge on any atom is 0.130 e. The standard InChI is InChI=1S/C10H17N3S/c1-7(2)8(3)14-10-5-9(11-4)12-6-13-10/h5-8H,1-4H3,(H,11,12,13). The van der Waals surface area contributed by atoms with Gasteiger partial charge >= 0.3 is 0 Å². The van der Waals surface area contributed by atoms with Gasteiger partial charge in [-0.2, -0.15) is 0 Å². The number of nitrogens with one attached hydrogen (secondary N) is 1. The van der Waals surface area contributed by atoms with Crippen LogP contribution in [0.2, 0.25) is 0 Å². The molecular weight excluding hydrogens is 194 g/mol. The Morgan fingerprint density at radius 1 is 1.29 bits per heavy atom. The van der Waals surface area contributed by atoms with Crippen molar-refractivity contribution in [2.45, 2.75) is 31.0 Å². The van der Waals surface area contributed by atoms with Gasteiger partial charge in [0.25, 0.3) is 0 Å². The first-order valence-electron chi connectivity index (χ1n) is 4.80. The van der Waals surface area contributed by atoms with Crippen LogP contribution in [0.25, 0.3) is 0 Å². The Balaban J connectivity index is 2.66. The molecule has 0 radical (unpaired) electrons. The van der Waals surface area contributed by atoms with Gasteiger partial charge in [-0.05, 0) is 5.92 Å². The minimum atomic E-state index is 0.578. The molecule has 1 aromatic rings. The van der Waals surface area contributed by atoms with E-state index in [0.717, 1.165) is 10.8 Å². The van der Waals surface area contributed by atoms with E-state index in [9.17, 15) is 0 Å². The van der Waals surface area contributed by atoms with Gasteiger partial charge in [0.1, 0.15) is 17.2 Å². The minimum Gasteiger partial charge on any atom is -0.373 e. The van der Waals surface area contributed by atoms with E-state index in [2.05, 4.69) is 36.1 Å². The molecule has 0 saturated carbocycles. The van der Waals surface area contributed by atoms with Crippen molar-refractivity contribution in [2.24, 2.45) is 5.92 Å². The van der Waals surface area contributed by atoms with E-state index >= 15 is 0 Å². The van der Waals surface area contributed by atoms with Crippen LogP contribution in [0.3, 0.4) is 0 Å². The fraction of sp³-hybridized carbons (Fsp3) is 0.600. The molecule has 4 heteroatoms. The van der Waals surface area contributed by atoms with Crippen molar-refractivity contribution in [3.63, 3.8) is 0 Å². The summed E-state index contributed by atoms with van der Waals surface area (Å²) in [5.74, 6) is 1.53. The van der Waals surface area contributed by atoms with Crippen molar-refractivity contribution in [1.82, 2.24) is 9.97 Å². The Labute approximate surface area is 89.7 Å². The number of aromatic nitrogens is 2. The topological polar surface area (TPSA) is 37.8 Å². The van der Waals surface area contributed by atoms with Crippen molar-refractivity contribution in [3.05, 3.63) is 12.4 Å². The maximum atomic E-state index is 4.22. The molecule has 0 amide bonds. The van der Waals surface area contributed by atoms with Gasteiger partial charge in [0.2, 0.25) is 0 Å². The molecule has 3 nitrogen and oxygen atoms in total. The highest BCUT2D eigenvalue weighted by molar-refractivity contribution is 7.99. The third-order valence-electron chi connectivity index (χ3n) is 2.14. The zero-order valence-electron chi connectivity index (χ0n) is 9.11. The van der Waals surface area contributed by atoms with Crippen molar-refractivity contribution in [2.75, 3.05) is 12.4 Å². The van der Waals surface area contributed by atoms with Crippen LogP contribution in [0, 0.1) is 5.92 Å². The van der Waals surface area contributed by atoms with Gasteiger partial charge in [-0.25, -0.2) is 9.97 Å². The Kier molecular flexibility index (Phi) is 4.20. The highest BCUT2D eigenvalue weighted by atomic mass is 32.2. The van der Waals surface area contributed by atoms with Gasteiger partial charge in [0.15, 0.2) is 0 Å². The van der Waals surface area contributed by atoms with E-state index in [1.54, 1.807) is 18.1 Å². The third kappa shape index (κ3) is 3.18. The van der Waals surface area contributed by atoms with Crippen LogP contribution in [0.4, 0.5) is 5.82 Å². The summed E-state index contributed by atoms with van der Waals surface area (Å²) in [4.78, 5) is 8.30. The summed E-state index contributed by atoms with van der Waals surface area (Å²) in [5, 5.41) is 4.62. The van der Waals surface area contributed by atoms with Crippen molar-refractivity contribution in [3.8, 4) is 0 Å². The molecular formula is C10H17N3S. The Morgan fingerprint density at radius 3 is 2.57 bits per heavy atom. The van der Waals surface area contributed by atoms with Crippen LogP contribution in [0.1, 0.15) is 20.8 Å². The molecule has 1 heterocycles. The summed E-state index contributed by atoms with van der Waals surface area (Å²) in [6.45, 7) is 6.66. The van der Waals surface area contributed by atoms with Gasteiger partial charge in [0, 0.05) is 18.4 Å². The summed E-state index contributed by atoms with van der Waals surface area (Å²) in [7, 11) is 1.86. The molecule has 78 valence electrons. The highest BCUT2D eigenvalue weighted by Gasteiger charge is 2.09. The Morgan fingerprint density at radius 2 is 2.00 bits per heavy atom. The first-order valence-corrected chi connectivity index (χ1v) is 5.68.